The van der Waals surface area contributed by atoms with Crippen LogP contribution in [0, 0.1) is 6.92 Å². The third-order valence-corrected chi connectivity index (χ3v) is 4.22. The zero-order valence-corrected chi connectivity index (χ0v) is 12.7. The zero-order chi connectivity index (χ0) is 13.6. The topological polar surface area (TPSA) is 38.7 Å². The molecule has 0 fully saturated rings. The largest absolute Gasteiger partial charge is 0.249 e. The Balaban J connectivity index is 2.30. The van der Waals surface area contributed by atoms with E-state index in [2.05, 4.69) is 15.0 Å². The molecule has 0 bridgehead atoms. The van der Waals surface area contributed by atoms with E-state index in [-0.39, 0.29) is 0 Å². The molecule has 2 aromatic heterocycles. The zero-order valence-electron chi connectivity index (χ0n) is 9.62. The van der Waals surface area contributed by atoms with Crippen molar-refractivity contribution >= 4 is 57.0 Å². The van der Waals surface area contributed by atoms with Crippen LogP contribution < -0.4 is 0 Å². The second kappa shape index (κ2) is 4.87. The molecule has 1 aromatic carbocycles. The van der Waals surface area contributed by atoms with E-state index in [0.717, 1.165) is 9.88 Å². The van der Waals surface area contributed by atoms with Gasteiger partial charge in [-0.25, -0.2) is 15.0 Å². The molecule has 96 valence electrons. The van der Waals surface area contributed by atoms with E-state index in [1.807, 2.05) is 6.92 Å². The van der Waals surface area contributed by atoms with Gasteiger partial charge in [0.25, 0.3) is 0 Å². The van der Waals surface area contributed by atoms with Crippen molar-refractivity contribution in [3.05, 3.63) is 38.5 Å². The van der Waals surface area contributed by atoms with Crippen LogP contribution in [0.2, 0.25) is 15.2 Å². The molecule has 0 aliphatic heterocycles. The minimum Gasteiger partial charge on any atom is -0.249 e. The van der Waals surface area contributed by atoms with Gasteiger partial charge in [-0.05, 0) is 19.1 Å². The van der Waals surface area contributed by atoms with Crippen LogP contribution in [0.3, 0.4) is 0 Å². The van der Waals surface area contributed by atoms with Crippen molar-refractivity contribution in [3.63, 3.8) is 0 Å². The highest BCUT2D eigenvalue weighted by molar-refractivity contribution is 7.14. The SMILES string of the molecule is Cc1ncc(-c2nc(Cl)c3cc(Cl)cc(Cl)c3n2)s1. The Labute approximate surface area is 128 Å². The monoisotopic (exact) mass is 329 g/mol. The first-order valence-corrected chi connectivity index (χ1v) is 7.25. The number of hydrogen-bond donors (Lipinski definition) is 0. The number of fused-ring (bicyclic) bond motifs is 1. The van der Waals surface area contributed by atoms with Gasteiger partial charge in [0, 0.05) is 16.6 Å². The number of nitrogens with zero attached hydrogens (tertiary/aromatic N) is 3. The van der Waals surface area contributed by atoms with E-state index in [1.54, 1.807) is 18.3 Å². The second-order valence-corrected chi connectivity index (χ2v) is 6.30. The molecule has 3 rings (SSSR count). The molecule has 19 heavy (non-hydrogen) atoms. The molecule has 0 saturated heterocycles. The summed E-state index contributed by atoms with van der Waals surface area (Å²) in [6.45, 7) is 1.92. The Kier molecular flexibility index (Phi) is 3.35. The maximum atomic E-state index is 6.18. The number of hydrogen-bond acceptors (Lipinski definition) is 4. The molecular weight excluding hydrogens is 325 g/mol. The molecule has 0 saturated carbocycles. The first-order chi connectivity index (χ1) is 9.04. The average molecular weight is 331 g/mol. The lowest BCUT2D eigenvalue weighted by atomic mass is 10.2. The molecule has 0 aliphatic rings. The predicted molar refractivity (Wildman–Crippen MR) is 80.4 cm³/mol. The molecule has 0 aliphatic carbocycles. The van der Waals surface area contributed by atoms with Crippen molar-refractivity contribution < 1.29 is 0 Å². The predicted octanol–water partition coefficient (Wildman–Crippen LogP) is 5.02. The van der Waals surface area contributed by atoms with Crippen LogP contribution in [-0.4, -0.2) is 15.0 Å². The maximum Gasteiger partial charge on any atom is 0.173 e. The van der Waals surface area contributed by atoms with Crippen LogP contribution in [0.5, 0.6) is 0 Å². The van der Waals surface area contributed by atoms with Crippen LogP contribution in [0.15, 0.2) is 18.3 Å². The molecule has 3 nitrogen and oxygen atoms in total. The van der Waals surface area contributed by atoms with Gasteiger partial charge in [0.1, 0.15) is 5.15 Å². The van der Waals surface area contributed by atoms with E-state index >= 15 is 0 Å². The lowest BCUT2D eigenvalue weighted by molar-refractivity contribution is 1.23. The fraction of sp³-hybridized carbons (Fsp3) is 0.0833. The Morgan fingerprint density at radius 2 is 1.89 bits per heavy atom. The van der Waals surface area contributed by atoms with Crippen molar-refractivity contribution in [3.8, 4) is 10.7 Å². The van der Waals surface area contributed by atoms with Crippen LogP contribution in [0.25, 0.3) is 21.6 Å². The van der Waals surface area contributed by atoms with Gasteiger partial charge >= 0.3 is 0 Å². The molecule has 0 unspecified atom stereocenters. The van der Waals surface area contributed by atoms with Crippen LogP contribution in [-0.2, 0) is 0 Å². The highest BCUT2D eigenvalue weighted by Gasteiger charge is 2.13. The smallest absolute Gasteiger partial charge is 0.173 e. The lowest BCUT2D eigenvalue weighted by Gasteiger charge is -2.05. The van der Waals surface area contributed by atoms with E-state index in [1.165, 1.54) is 11.3 Å². The Morgan fingerprint density at radius 1 is 1.11 bits per heavy atom. The summed E-state index contributed by atoms with van der Waals surface area (Å²) in [5.41, 5.74) is 0.590. The minimum atomic E-state index is 0.329. The van der Waals surface area contributed by atoms with E-state index in [4.69, 9.17) is 34.8 Å². The summed E-state index contributed by atoms with van der Waals surface area (Å²) in [6, 6.07) is 3.34. The molecule has 0 spiro atoms. The van der Waals surface area contributed by atoms with E-state index in [0.29, 0.717) is 31.9 Å². The van der Waals surface area contributed by atoms with E-state index in [9.17, 15) is 0 Å². The number of rotatable bonds is 1. The Morgan fingerprint density at radius 3 is 2.58 bits per heavy atom. The summed E-state index contributed by atoms with van der Waals surface area (Å²) in [5, 5.41) is 2.87. The van der Waals surface area contributed by atoms with Crippen molar-refractivity contribution in [2.24, 2.45) is 0 Å². The summed E-state index contributed by atoms with van der Waals surface area (Å²) in [7, 11) is 0. The number of benzene rings is 1. The maximum absolute atomic E-state index is 6.18. The van der Waals surface area contributed by atoms with Gasteiger partial charge in [0.2, 0.25) is 0 Å². The fourth-order valence-corrected chi connectivity index (χ4v) is 3.17. The molecule has 0 atom stereocenters. The molecule has 7 heteroatoms. The summed E-state index contributed by atoms with van der Waals surface area (Å²) in [6.07, 6.45) is 1.72. The standard InChI is InChI=1S/C12H6Cl3N3S/c1-5-16-4-9(19-5)12-17-10-7(11(15)18-12)2-6(13)3-8(10)14/h2-4H,1H3. The van der Waals surface area contributed by atoms with Crippen molar-refractivity contribution in [1.29, 1.82) is 0 Å². The van der Waals surface area contributed by atoms with Crippen LogP contribution >= 0.6 is 46.1 Å². The van der Waals surface area contributed by atoms with Gasteiger partial charge in [0.05, 0.1) is 20.4 Å². The number of aryl methyl sites for hydroxylation is 1. The molecule has 0 amide bonds. The third-order valence-electron chi connectivity index (χ3n) is 2.51. The van der Waals surface area contributed by atoms with Crippen molar-refractivity contribution in [2.75, 3.05) is 0 Å². The van der Waals surface area contributed by atoms with Crippen molar-refractivity contribution in [1.82, 2.24) is 15.0 Å². The van der Waals surface area contributed by atoms with Gasteiger partial charge in [0.15, 0.2) is 5.82 Å². The van der Waals surface area contributed by atoms with Gasteiger partial charge in [-0.3, -0.25) is 0 Å². The highest BCUT2D eigenvalue weighted by Crippen LogP contribution is 2.33. The quantitative estimate of drug-likeness (QED) is 0.588. The number of aromatic nitrogens is 3. The minimum absolute atomic E-state index is 0.329. The fourth-order valence-electron chi connectivity index (χ4n) is 1.70. The van der Waals surface area contributed by atoms with Gasteiger partial charge < -0.3 is 0 Å². The Hall–Kier alpha value is -0.940. The number of thiazole rings is 1. The second-order valence-electron chi connectivity index (χ2n) is 3.87. The first kappa shape index (κ1) is 13.1. The summed E-state index contributed by atoms with van der Waals surface area (Å²) in [4.78, 5) is 13.8. The first-order valence-electron chi connectivity index (χ1n) is 5.29. The third kappa shape index (κ3) is 2.41. The summed E-state index contributed by atoms with van der Waals surface area (Å²) < 4.78 is 0. The number of halogens is 3. The van der Waals surface area contributed by atoms with E-state index < -0.39 is 0 Å². The van der Waals surface area contributed by atoms with Crippen molar-refractivity contribution in [2.45, 2.75) is 6.92 Å². The Bertz CT molecular complexity index is 785. The summed E-state index contributed by atoms with van der Waals surface area (Å²) in [5.74, 6) is 0.521. The molecule has 3 aromatic rings. The molecule has 2 heterocycles. The van der Waals surface area contributed by atoms with Crippen LogP contribution in [0.4, 0.5) is 0 Å². The molecule has 0 radical (unpaired) electrons. The van der Waals surface area contributed by atoms with Gasteiger partial charge in [-0.2, -0.15) is 0 Å². The average Bonchev–Trinajstić information content (AvgIpc) is 2.77. The molecular formula is C12H6Cl3N3S. The summed E-state index contributed by atoms with van der Waals surface area (Å²) >= 11 is 19.8. The normalized spacial score (nSPS) is 11.2. The van der Waals surface area contributed by atoms with Gasteiger partial charge in [-0.1, -0.05) is 34.8 Å². The molecule has 0 N–H and O–H groups in total. The van der Waals surface area contributed by atoms with Gasteiger partial charge in [-0.15, -0.1) is 11.3 Å². The lowest BCUT2D eigenvalue weighted by Crippen LogP contribution is -1.91. The highest BCUT2D eigenvalue weighted by atomic mass is 35.5. The van der Waals surface area contributed by atoms with Crippen LogP contribution in [0.1, 0.15) is 5.01 Å².